The molecule has 0 saturated heterocycles. The second-order valence-corrected chi connectivity index (χ2v) is 12.4. The van der Waals surface area contributed by atoms with Gasteiger partial charge in [-0.05, 0) is 72.0 Å². The maximum absolute atomic E-state index is 12.3. The van der Waals surface area contributed by atoms with Gasteiger partial charge in [-0.3, -0.25) is 4.79 Å². The Kier molecular flexibility index (Phi) is 12.8. The number of ketones is 1. The van der Waals surface area contributed by atoms with Crippen LogP contribution < -0.4 is 0 Å². The normalized spacial score (nSPS) is 11.7. The fraction of sp³-hybridized carbons (Fsp3) is 0.656. The number of hydrogen-bond donors (Lipinski definition) is 0. The van der Waals surface area contributed by atoms with Crippen LogP contribution in [0.3, 0.4) is 0 Å². The Morgan fingerprint density at radius 1 is 0.657 bits per heavy atom. The lowest BCUT2D eigenvalue weighted by atomic mass is 9.95. The Balaban J connectivity index is 1.68. The van der Waals surface area contributed by atoms with Crippen LogP contribution in [0.15, 0.2) is 17.5 Å². The number of carbonyl (C=O) groups excluding carboxylic acids is 1. The number of carbonyl (C=O) groups is 1. The Labute approximate surface area is 222 Å². The molecule has 0 spiro atoms. The molecule has 3 heteroatoms. The average molecular weight is 513 g/mol. The van der Waals surface area contributed by atoms with Crippen LogP contribution in [0.5, 0.6) is 0 Å². The molecule has 3 aromatic rings. The van der Waals surface area contributed by atoms with E-state index in [0.717, 1.165) is 17.7 Å². The highest BCUT2D eigenvalue weighted by molar-refractivity contribution is 7.21. The summed E-state index contributed by atoms with van der Waals surface area (Å²) < 4.78 is 2.89. The average Bonchev–Trinajstić information content (AvgIpc) is 3.51. The fourth-order valence-corrected chi connectivity index (χ4v) is 7.59. The molecule has 0 bridgehead atoms. The standard InChI is InChI=1S/C32H48OS2/c1-4-6-8-10-12-14-16-18-20-26-28-22-23-34-31(28)27(21-19-17-15-13-11-9-7-5-2)29-24-30(25(3)33)35-32(26)29/h22-24H,4-21H2,1-3H3. The van der Waals surface area contributed by atoms with Crippen LogP contribution in [-0.4, -0.2) is 5.78 Å². The summed E-state index contributed by atoms with van der Waals surface area (Å²) in [6.45, 7) is 6.30. The molecule has 194 valence electrons. The van der Waals surface area contributed by atoms with Gasteiger partial charge in [0.2, 0.25) is 0 Å². The van der Waals surface area contributed by atoms with Crippen LogP contribution in [0, 0.1) is 0 Å². The molecule has 1 nitrogen and oxygen atoms in total. The van der Waals surface area contributed by atoms with E-state index in [1.54, 1.807) is 18.3 Å². The van der Waals surface area contributed by atoms with Crippen molar-refractivity contribution in [2.45, 2.75) is 136 Å². The van der Waals surface area contributed by atoms with E-state index in [1.165, 1.54) is 134 Å². The van der Waals surface area contributed by atoms with E-state index in [1.807, 2.05) is 11.3 Å². The lowest BCUT2D eigenvalue weighted by molar-refractivity contribution is 0.102. The van der Waals surface area contributed by atoms with Gasteiger partial charge >= 0.3 is 0 Å². The summed E-state index contributed by atoms with van der Waals surface area (Å²) in [5.41, 5.74) is 3.03. The van der Waals surface area contributed by atoms with E-state index in [9.17, 15) is 4.79 Å². The van der Waals surface area contributed by atoms with Crippen molar-refractivity contribution in [3.8, 4) is 0 Å². The SMILES string of the molecule is CCCCCCCCCCc1c2cc(C(C)=O)sc2c(CCCCCCCCCC)c2ccsc12. The molecule has 3 rings (SSSR count). The number of hydrogen-bond acceptors (Lipinski definition) is 3. The van der Waals surface area contributed by atoms with Gasteiger partial charge < -0.3 is 0 Å². The number of unbranched alkanes of at least 4 members (excludes halogenated alkanes) is 14. The summed E-state index contributed by atoms with van der Waals surface area (Å²) in [4.78, 5) is 13.2. The van der Waals surface area contributed by atoms with E-state index in [4.69, 9.17) is 0 Å². The molecule has 0 radical (unpaired) electrons. The van der Waals surface area contributed by atoms with Gasteiger partial charge in [0, 0.05) is 9.40 Å². The van der Waals surface area contributed by atoms with Crippen molar-refractivity contribution in [1.29, 1.82) is 0 Å². The summed E-state index contributed by atoms with van der Waals surface area (Å²) >= 11 is 3.66. The third-order valence-electron chi connectivity index (χ3n) is 7.50. The molecule has 1 aromatic carbocycles. The molecule has 0 fully saturated rings. The van der Waals surface area contributed by atoms with Gasteiger partial charge in [-0.1, -0.05) is 104 Å². The third-order valence-corrected chi connectivity index (χ3v) is 9.77. The predicted molar refractivity (Wildman–Crippen MR) is 160 cm³/mol. The number of aryl methyl sites for hydroxylation is 2. The molecule has 0 atom stereocenters. The van der Waals surface area contributed by atoms with Crippen LogP contribution in [0.1, 0.15) is 144 Å². The van der Waals surface area contributed by atoms with E-state index in [0.29, 0.717) is 0 Å². The molecular weight excluding hydrogens is 464 g/mol. The zero-order valence-electron chi connectivity index (χ0n) is 22.7. The summed E-state index contributed by atoms with van der Waals surface area (Å²) in [6.07, 6.45) is 24.0. The molecule has 0 N–H and O–H groups in total. The lowest BCUT2D eigenvalue weighted by Gasteiger charge is -2.12. The zero-order chi connectivity index (χ0) is 24.9. The molecule has 0 unspecified atom stereocenters. The van der Waals surface area contributed by atoms with E-state index >= 15 is 0 Å². The van der Waals surface area contributed by atoms with Gasteiger partial charge in [0.1, 0.15) is 0 Å². The minimum atomic E-state index is 0.214. The quantitative estimate of drug-likeness (QED) is 0.115. The molecule has 0 aliphatic rings. The number of Topliss-reactive ketones (excluding diaryl/α,β-unsaturated/α-hetero) is 1. The van der Waals surface area contributed by atoms with Gasteiger partial charge in [-0.15, -0.1) is 22.7 Å². The number of fused-ring (bicyclic) bond motifs is 2. The number of rotatable bonds is 19. The highest BCUT2D eigenvalue weighted by atomic mass is 32.1. The monoisotopic (exact) mass is 512 g/mol. The highest BCUT2D eigenvalue weighted by Gasteiger charge is 2.18. The maximum Gasteiger partial charge on any atom is 0.169 e. The first-order valence-electron chi connectivity index (χ1n) is 14.6. The number of benzene rings is 1. The Morgan fingerprint density at radius 3 is 1.66 bits per heavy atom. The Morgan fingerprint density at radius 2 is 1.14 bits per heavy atom. The van der Waals surface area contributed by atoms with Crippen molar-refractivity contribution < 1.29 is 4.79 Å². The van der Waals surface area contributed by atoms with Crippen LogP contribution in [0.4, 0.5) is 0 Å². The van der Waals surface area contributed by atoms with Crippen molar-refractivity contribution in [2.24, 2.45) is 0 Å². The van der Waals surface area contributed by atoms with Crippen molar-refractivity contribution in [1.82, 2.24) is 0 Å². The first kappa shape index (κ1) is 28.4. The Hall–Kier alpha value is -1.19. The van der Waals surface area contributed by atoms with Crippen molar-refractivity contribution in [3.63, 3.8) is 0 Å². The van der Waals surface area contributed by atoms with Gasteiger partial charge in [-0.25, -0.2) is 0 Å². The fourth-order valence-electron chi connectivity index (χ4n) is 5.41. The van der Waals surface area contributed by atoms with Gasteiger partial charge in [0.15, 0.2) is 5.78 Å². The molecule has 2 aromatic heterocycles. The van der Waals surface area contributed by atoms with E-state index in [2.05, 4.69) is 31.4 Å². The smallest absolute Gasteiger partial charge is 0.169 e. The first-order chi connectivity index (χ1) is 17.2. The van der Waals surface area contributed by atoms with Gasteiger partial charge in [-0.2, -0.15) is 0 Å². The minimum absolute atomic E-state index is 0.214. The summed E-state index contributed by atoms with van der Waals surface area (Å²) in [7, 11) is 0. The topological polar surface area (TPSA) is 17.1 Å². The molecule has 0 aliphatic heterocycles. The van der Waals surface area contributed by atoms with Crippen LogP contribution in [0.2, 0.25) is 0 Å². The van der Waals surface area contributed by atoms with Crippen LogP contribution in [-0.2, 0) is 12.8 Å². The molecular formula is C32H48OS2. The molecule has 2 heterocycles. The Bertz CT molecular complexity index is 953. The molecule has 35 heavy (non-hydrogen) atoms. The summed E-state index contributed by atoms with van der Waals surface area (Å²) in [6, 6.07) is 4.57. The second-order valence-electron chi connectivity index (χ2n) is 10.5. The maximum atomic E-state index is 12.3. The van der Waals surface area contributed by atoms with Crippen LogP contribution in [0.25, 0.3) is 20.2 Å². The molecule has 0 saturated carbocycles. The van der Waals surface area contributed by atoms with E-state index in [-0.39, 0.29) is 5.78 Å². The highest BCUT2D eigenvalue weighted by Crippen LogP contribution is 2.42. The van der Waals surface area contributed by atoms with Crippen molar-refractivity contribution >= 4 is 48.6 Å². The summed E-state index contributed by atoms with van der Waals surface area (Å²) in [5.74, 6) is 0.214. The predicted octanol–water partition coefficient (Wildman–Crippen LogP) is 11.7. The largest absolute Gasteiger partial charge is 0.294 e. The molecule has 0 aliphatic carbocycles. The van der Waals surface area contributed by atoms with Gasteiger partial charge in [0.05, 0.1) is 4.88 Å². The summed E-state index contributed by atoms with van der Waals surface area (Å²) in [5, 5.41) is 5.14. The molecule has 0 amide bonds. The zero-order valence-corrected chi connectivity index (χ0v) is 24.3. The number of thiophene rings is 2. The van der Waals surface area contributed by atoms with E-state index < -0.39 is 0 Å². The first-order valence-corrected chi connectivity index (χ1v) is 16.3. The second kappa shape index (κ2) is 15.8. The van der Waals surface area contributed by atoms with Crippen molar-refractivity contribution in [2.75, 3.05) is 0 Å². The van der Waals surface area contributed by atoms with Crippen molar-refractivity contribution in [3.05, 3.63) is 33.5 Å². The lowest BCUT2D eigenvalue weighted by Crippen LogP contribution is -1.93. The third kappa shape index (κ3) is 8.42. The van der Waals surface area contributed by atoms with Crippen LogP contribution >= 0.6 is 22.7 Å². The minimum Gasteiger partial charge on any atom is -0.294 e. The van der Waals surface area contributed by atoms with Gasteiger partial charge in [0.25, 0.3) is 0 Å².